The van der Waals surface area contributed by atoms with Gasteiger partial charge in [-0.05, 0) is 12.8 Å². The highest BCUT2D eigenvalue weighted by Gasteiger charge is 2.36. The van der Waals surface area contributed by atoms with Crippen LogP contribution in [0.1, 0.15) is 13.8 Å². The third-order valence-electron chi connectivity index (χ3n) is 2.64. The molecule has 3 N–H and O–H groups in total. The van der Waals surface area contributed by atoms with Gasteiger partial charge < -0.3 is 15.3 Å². The molecular weight excluding hydrogens is 186 g/mol. The zero-order valence-corrected chi connectivity index (χ0v) is 8.47. The highest BCUT2D eigenvalue weighted by molar-refractivity contribution is 5.76. The fraction of sp³-hybridized carbons (Fsp3) is 0.889. The van der Waals surface area contributed by atoms with E-state index in [2.05, 4.69) is 0 Å². The van der Waals surface area contributed by atoms with Crippen LogP contribution < -0.4 is 0 Å². The topological polar surface area (TPSA) is 81.0 Å². The first-order chi connectivity index (χ1) is 6.33. The molecule has 1 fully saturated rings. The molecule has 14 heavy (non-hydrogen) atoms. The number of aliphatic hydroxyl groups excluding tert-OH is 1. The molecule has 0 bridgehead atoms. The van der Waals surface area contributed by atoms with Crippen LogP contribution in [0.25, 0.3) is 0 Å². The first-order valence-corrected chi connectivity index (χ1v) is 4.69. The van der Waals surface area contributed by atoms with Crippen molar-refractivity contribution >= 4 is 5.97 Å². The fourth-order valence-electron chi connectivity index (χ4n) is 1.68. The van der Waals surface area contributed by atoms with Gasteiger partial charge in [0.15, 0.2) is 5.60 Å². The van der Waals surface area contributed by atoms with Crippen molar-refractivity contribution in [3.8, 4) is 0 Å². The summed E-state index contributed by atoms with van der Waals surface area (Å²) in [6, 6.07) is 0. The van der Waals surface area contributed by atoms with Crippen molar-refractivity contribution < 1.29 is 20.1 Å². The molecule has 82 valence electrons. The Balaban J connectivity index is 2.50. The molecule has 1 aliphatic heterocycles. The van der Waals surface area contributed by atoms with Crippen LogP contribution in [0.15, 0.2) is 0 Å². The Kier molecular flexibility index (Phi) is 3.14. The molecule has 0 saturated carbocycles. The molecule has 1 heterocycles. The average Bonchev–Trinajstić information content (AvgIpc) is 2.29. The number of rotatable bonds is 3. The molecule has 5 nitrogen and oxygen atoms in total. The van der Waals surface area contributed by atoms with E-state index < -0.39 is 17.7 Å². The van der Waals surface area contributed by atoms with Gasteiger partial charge >= 0.3 is 5.97 Å². The van der Waals surface area contributed by atoms with Gasteiger partial charge in [0.25, 0.3) is 0 Å². The van der Waals surface area contributed by atoms with Crippen LogP contribution in [-0.2, 0) is 4.79 Å². The Bertz CT molecular complexity index is 219. The van der Waals surface area contributed by atoms with E-state index in [1.807, 2.05) is 6.92 Å². The van der Waals surface area contributed by atoms with Crippen molar-refractivity contribution in [2.24, 2.45) is 5.92 Å². The maximum Gasteiger partial charge on any atom is 0.336 e. The summed E-state index contributed by atoms with van der Waals surface area (Å²) in [6.07, 6.45) is -0.417. The molecule has 3 unspecified atom stereocenters. The maximum absolute atomic E-state index is 10.6. The summed E-state index contributed by atoms with van der Waals surface area (Å²) in [4.78, 5) is 12.4. The molecule has 0 amide bonds. The second-order valence-corrected chi connectivity index (χ2v) is 4.32. The third kappa shape index (κ3) is 2.43. The quantitative estimate of drug-likeness (QED) is 0.556. The summed E-state index contributed by atoms with van der Waals surface area (Å²) >= 11 is 0. The van der Waals surface area contributed by atoms with Crippen LogP contribution in [-0.4, -0.2) is 57.5 Å². The molecule has 0 aromatic heterocycles. The molecule has 0 aliphatic carbocycles. The minimum Gasteiger partial charge on any atom is -0.479 e. The Labute approximate surface area is 83.0 Å². The first kappa shape index (κ1) is 11.4. The summed E-state index contributed by atoms with van der Waals surface area (Å²) in [5.74, 6) is -1.09. The molecule has 1 rings (SSSR count). The van der Waals surface area contributed by atoms with Gasteiger partial charge in [0.2, 0.25) is 0 Å². The van der Waals surface area contributed by atoms with Gasteiger partial charge in [-0.1, -0.05) is 6.92 Å². The van der Waals surface area contributed by atoms with E-state index in [0.717, 1.165) is 0 Å². The van der Waals surface area contributed by atoms with Crippen molar-refractivity contribution in [1.29, 1.82) is 0 Å². The number of nitrogens with zero attached hydrogens (tertiary/aromatic N) is 1. The Morgan fingerprint density at radius 2 is 2.14 bits per heavy atom. The van der Waals surface area contributed by atoms with Crippen molar-refractivity contribution in [1.82, 2.24) is 4.90 Å². The number of aliphatic hydroxyl groups is 2. The maximum atomic E-state index is 10.6. The highest BCUT2D eigenvalue weighted by atomic mass is 16.4. The number of aliphatic carboxylic acids is 1. The first-order valence-electron chi connectivity index (χ1n) is 4.69. The van der Waals surface area contributed by atoms with Gasteiger partial charge in [-0.2, -0.15) is 0 Å². The van der Waals surface area contributed by atoms with Gasteiger partial charge in [-0.25, -0.2) is 4.79 Å². The molecule has 1 aliphatic rings. The number of carbonyl (C=O) groups is 1. The van der Waals surface area contributed by atoms with E-state index in [1.54, 1.807) is 4.90 Å². The van der Waals surface area contributed by atoms with E-state index in [1.165, 1.54) is 6.92 Å². The fourth-order valence-corrected chi connectivity index (χ4v) is 1.68. The summed E-state index contributed by atoms with van der Waals surface area (Å²) in [5, 5.41) is 27.6. The second kappa shape index (κ2) is 3.84. The number of hydrogen-bond acceptors (Lipinski definition) is 4. The largest absolute Gasteiger partial charge is 0.479 e. The summed E-state index contributed by atoms with van der Waals surface area (Å²) in [5.41, 5.74) is -1.73. The summed E-state index contributed by atoms with van der Waals surface area (Å²) in [7, 11) is 0. The van der Waals surface area contributed by atoms with Gasteiger partial charge in [0, 0.05) is 19.6 Å². The zero-order chi connectivity index (χ0) is 10.9. The van der Waals surface area contributed by atoms with Crippen molar-refractivity contribution in [3.63, 3.8) is 0 Å². The monoisotopic (exact) mass is 203 g/mol. The molecule has 0 aromatic carbocycles. The predicted octanol–water partition coefficient (Wildman–Crippen LogP) is -0.865. The molecular formula is C9H17NO4. The summed E-state index contributed by atoms with van der Waals surface area (Å²) in [6.45, 7) is 4.30. The minimum atomic E-state index is -1.73. The van der Waals surface area contributed by atoms with Crippen molar-refractivity contribution in [2.45, 2.75) is 25.6 Å². The van der Waals surface area contributed by atoms with Crippen LogP contribution >= 0.6 is 0 Å². The van der Waals surface area contributed by atoms with Crippen molar-refractivity contribution in [2.75, 3.05) is 19.6 Å². The van der Waals surface area contributed by atoms with Crippen LogP contribution in [0.4, 0.5) is 0 Å². The van der Waals surface area contributed by atoms with E-state index in [-0.39, 0.29) is 12.5 Å². The number of hydrogen-bond donors (Lipinski definition) is 3. The lowest BCUT2D eigenvalue weighted by Crippen LogP contribution is -2.46. The Morgan fingerprint density at radius 1 is 1.57 bits per heavy atom. The van der Waals surface area contributed by atoms with Gasteiger partial charge in [-0.15, -0.1) is 0 Å². The molecule has 0 radical (unpaired) electrons. The highest BCUT2D eigenvalue weighted by Crippen LogP contribution is 2.18. The number of carboxylic acid groups (broad SMARTS) is 1. The number of carboxylic acids is 1. The zero-order valence-electron chi connectivity index (χ0n) is 8.47. The number of likely N-dealkylation sites (tertiary alicyclic amines) is 1. The lowest BCUT2D eigenvalue weighted by atomic mass is 10.1. The molecule has 1 saturated heterocycles. The summed E-state index contributed by atoms with van der Waals surface area (Å²) < 4.78 is 0. The standard InChI is InChI=1S/C9H17NO4/c1-6-3-10(4-7(6)11)5-9(2,14)8(12)13/h6-7,11,14H,3-5H2,1-2H3,(H,12,13). The van der Waals surface area contributed by atoms with Crippen LogP contribution in [0.3, 0.4) is 0 Å². The lowest BCUT2D eigenvalue weighted by Gasteiger charge is -2.24. The minimum absolute atomic E-state index is 0.0593. The van der Waals surface area contributed by atoms with E-state index >= 15 is 0 Å². The van der Waals surface area contributed by atoms with Crippen LogP contribution in [0.5, 0.6) is 0 Å². The van der Waals surface area contributed by atoms with Gasteiger partial charge in [0.05, 0.1) is 6.10 Å². The average molecular weight is 203 g/mol. The van der Waals surface area contributed by atoms with Crippen LogP contribution in [0, 0.1) is 5.92 Å². The Morgan fingerprint density at radius 3 is 2.50 bits per heavy atom. The van der Waals surface area contributed by atoms with Gasteiger partial charge in [0.1, 0.15) is 0 Å². The number of β-amino-alcohol motifs (C(OH)–C–C–N with tert-alkyl or cyclic N) is 2. The van der Waals surface area contributed by atoms with E-state index in [9.17, 15) is 15.0 Å². The van der Waals surface area contributed by atoms with E-state index in [4.69, 9.17) is 5.11 Å². The van der Waals surface area contributed by atoms with Crippen molar-refractivity contribution in [3.05, 3.63) is 0 Å². The predicted molar refractivity (Wildman–Crippen MR) is 49.9 cm³/mol. The Hall–Kier alpha value is -0.650. The molecule has 0 spiro atoms. The SMILES string of the molecule is CC1CN(CC(C)(O)C(=O)O)CC1O. The molecule has 5 heteroatoms. The lowest BCUT2D eigenvalue weighted by molar-refractivity contribution is -0.158. The second-order valence-electron chi connectivity index (χ2n) is 4.32. The van der Waals surface area contributed by atoms with E-state index in [0.29, 0.717) is 13.1 Å². The smallest absolute Gasteiger partial charge is 0.336 e. The third-order valence-corrected chi connectivity index (χ3v) is 2.64. The molecule has 0 aromatic rings. The normalized spacial score (nSPS) is 32.9. The van der Waals surface area contributed by atoms with Crippen LogP contribution in [0.2, 0.25) is 0 Å². The molecule has 3 atom stereocenters. The van der Waals surface area contributed by atoms with Gasteiger partial charge in [-0.3, -0.25) is 4.90 Å².